The summed E-state index contributed by atoms with van der Waals surface area (Å²) < 4.78 is 32.6. The summed E-state index contributed by atoms with van der Waals surface area (Å²) in [5.41, 5.74) is 0.759. The Morgan fingerprint density at radius 2 is 1.86 bits per heavy atom. The third kappa shape index (κ3) is 4.52. The molecule has 3 rings (SSSR count). The zero-order valence-corrected chi connectivity index (χ0v) is 16.7. The fourth-order valence-corrected chi connectivity index (χ4v) is 3.34. The number of carbonyl (C=O) groups excluding carboxylic acids is 3. The number of unbranched alkanes of at least 4 members (excludes halogenated alkanes) is 1. The van der Waals surface area contributed by atoms with Gasteiger partial charge in [0, 0.05) is 11.5 Å². The molecule has 0 radical (unpaired) electrons. The fraction of sp³-hybridized carbons (Fsp3) is 0.250. The zero-order chi connectivity index (χ0) is 21.2. The van der Waals surface area contributed by atoms with Crippen molar-refractivity contribution < 1.29 is 31.8 Å². The van der Waals surface area contributed by atoms with E-state index in [1.165, 1.54) is 24.3 Å². The van der Waals surface area contributed by atoms with Crippen molar-refractivity contribution in [2.75, 3.05) is 12.9 Å². The molecule has 9 heteroatoms. The van der Waals surface area contributed by atoms with Crippen molar-refractivity contribution >= 4 is 44.8 Å². The number of ether oxygens (including phenoxy) is 1. The number of hydroxylamine groups is 2. The average Bonchev–Trinajstić information content (AvgIpc) is 2.67. The smallest absolute Gasteiger partial charge is 0.330 e. The summed E-state index contributed by atoms with van der Waals surface area (Å²) in [5, 5.41) is 1.23. The zero-order valence-electron chi connectivity index (χ0n) is 15.9. The maximum atomic E-state index is 12.8. The lowest BCUT2D eigenvalue weighted by atomic mass is 9.93. The monoisotopic (exact) mass is 417 g/mol. The second-order valence-corrected chi connectivity index (χ2v) is 8.07. The number of esters is 1. The van der Waals surface area contributed by atoms with Gasteiger partial charge in [-0.1, -0.05) is 25.5 Å². The third-order valence-corrected chi connectivity index (χ3v) is 4.61. The molecule has 0 atom stereocenters. The Bertz CT molecular complexity index is 1130. The van der Waals surface area contributed by atoms with E-state index in [1.54, 1.807) is 18.2 Å². The Balaban J connectivity index is 2.00. The molecule has 0 saturated heterocycles. The van der Waals surface area contributed by atoms with E-state index in [0.717, 1.165) is 19.1 Å². The van der Waals surface area contributed by atoms with E-state index in [-0.39, 0.29) is 16.2 Å². The molecular weight excluding hydrogens is 398 g/mol. The normalized spacial score (nSPS) is 14.1. The number of benzene rings is 2. The Hall–Kier alpha value is -3.04. The molecule has 8 nitrogen and oxygen atoms in total. The molecule has 0 spiro atoms. The lowest BCUT2D eigenvalue weighted by molar-refractivity contribution is -0.137. The summed E-state index contributed by atoms with van der Waals surface area (Å²) in [7, 11) is -4.09. The minimum atomic E-state index is -4.09. The molecule has 1 aliphatic rings. The first-order valence-electron chi connectivity index (χ1n) is 8.91. The number of rotatable bonds is 7. The van der Waals surface area contributed by atoms with Crippen molar-refractivity contribution in [3.8, 4) is 0 Å². The van der Waals surface area contributed by atoms with Gasteiger partial charge in [-0.15, -0.1) is 9.35 Å². The summed E-state index contributed by atoms with van der Waals surface area (Å²) in [6.45, 7) is 2.31. The van der Waals surface area contributed by atoms with Crippen LogP contribution in [-0.4, -0.2) is 44.1 Å². The molecule has 2 aromatic rings. The summed E-state index contributed by atoms with van der Waals surface area (Å²) >= 11 is 0. The van der Waals surface area contributed by atoms with Crippen LogP contribution in [0.3, 0.4) is 0 Å². The number of imide groups is 1. The van der Waals surface area contributed by atoms with Crippen LogP contribution < -0.4 is 0 Å². The highest BCUT2D eigenvalue weighted by Gasteiger charge is 2.36. The lowest BCUT2D eigenvalue weighted by Crippen LogP contribution is -2.41. The van der Waals surface area contributed by atoms with Crippen LogP contribution in [0.2, 0.25) is 0 Å². The minimum Gasteiger partial charge on any atom is -0.463 e. The summed E-state index contributed by atoms with van der Waals surface area (Å²) in [6, 6.07) is 7.99. The van der Waals surface area contributed by atoms with Gasteiger partial charge in [0.15, 0.2) is 0 Å². The van der Waals surface area contributed by atoms with Crippen LogP contribution in [0.5, 0.6) is 0 Å². The van der Waals surface area contributed by atoms with Gasteiger partial charge >= 0.3 is 5.97 Å². The Morgan fingerprint density at radius 3 is 2.55 bits per heavy atom. The third-order valence-electron chi connectivity index (χ3n) is 4.19. The standard InChI is InChI=1S/C20H19NO7S/c1-3-4-10-27-17(22)9-8-13-11-14-6-5-7-15-18(14)16(12-13)20(24)21(19(15)23)28-29(2,25)26/h5-9,11-12H,3-4,10H2,1-2H3/b9-8+. The molecule has 0 N–H and O–H groups in total. The second-order valence-electron chi connectivity index (χ2n) is 6.51. The predicted molar refractivity (Wildman–Crippen MR) is 105 cm³/mol. The molecule has 29 heavy (non-hydrogen) atoms. The topological polar surface area (TPSA) is 107 Å². The molecule has 1 heterocycles. The fourth-order valence-electron chi connectivity index (χ4n) is 2.94. The molecule has 152 valence electrons. The van der Waals surface area contributed by atoms with Crippen LogP contribution in [0, 0.1) is 0 Å². The van der Waals surface area contributed by atoms with Crippen LogP contribution in [0.15, 0.2) is 36.4 Å². The molecule has 0 saturated carbocycles. The molecule has 0 aliphatic carbocycles. The second kappa shape index (κ2) is 8.14. The highest BCUT2D eigenvalue weighted by atomic mass is 32.2. The van der Waals surface area contributed by atoms with Gasteiger partial charge in [-0.3, -0.25) is 9.59 Å². The van der Waals surface area contributed by atoms with E-state index in [2.05, 4.69) is 4.28 Å². The van der Waals surface area contributed by atoms with E-state index in [9.17, 15) is 22.8 Å². The van der Waals surface area contributed by atoms with Crippen LogP contribution in [0.4, 0.5) is 0 Å². The Labute approximate surface area is 167 Å². The van der Waals surface area contributed by atoms with Gasteiger partial charge in [-0.2, -0.15) is 8.42 Å². The quantitative estimate of drug-likeness (QED) is 0.295. The van der Waals surface area contributed by atoms with Gasteiger partial charge in [0.05, 0.1) is 24.0 Å². The Morgan fingerprint density at radius 1 is 1.14 bits per heavy atom. The number of hydrogen-bond donors (Lipinski definition) is 0. The first-order valence-corrected chi connectivity index (χ1v) is 10.7. The van der Waals surface area contributed by atoms with Gasteiger partial charge in [-0.05, 0) is 41.6 Å². The molecule has 2 amide bonds. The van der Waals surface area contributed by atoms with Gasteiger partial charge in [0.1, 0.15) is 0 Å². The summed E-state index contributed by atoms with van der Waals surface area (Å²) in [4.78, 5) is 37.1. The molecular formula is C20H19NO7S. The van der Waals surface area contributed by atoms with Crippen LogP contribution in [-0.2, 0) is 23.9 Å². The molecule has 0 aromatic heterocycles. The van der Waals surface area contributed by atoms with E-state index in [4.69, 9.17) is 4.74 Å². The SMILES string of the molecule is CCCCOC(=O)/C=C/c1cc2c3c(cccc3c1)C(=O)N(OS(C)(=O)=O)C2=O. The van der Waals surface area contributed by atoms with Crippen LogP contribution >= 0.6 is 0 Å². The van der Waals surface area contributed by atoms with Crippen molar-refractivity contribution in [1.82, 2.24) is 5.06 Å². The first kappa shape index (κ1) is 20.7. The highest BCUT2D eigenvalue weighted by molar-refractivity contribution is 7.85. The van der Waals surface area contributed by atoms with Crippen molar-refractivity contribution in [1.29, 1.82) is 0 Å². The maximum absolute atomic E-state index is 12.8. The van der Waals surface area contributed by atoms with Gasteiger partial charge in [-0.25, -0.2) is 4.79 Å². The number of amides is 2. The molecule has 2 aromatic carbocycles. The van der Waals surface area contributed by atoms with Gasteiger partial charge < -0.3 is 4.74 Å². The predicted octanol–water partition coefficient (Wildman–Crippen LogP) is 2.68. The van der Waals surface area contributed by atoms with E-state index in [0.29, 0.717) is 22.9 Å². The highest BCUT2D eigenvalue weighted by Crippen LogP contribution is 2.32. The van der Waals surface area contributed by atoms with E-state index in [1.807, 2.05) is 6.92 Å². The van der Waals surface area contributed by atoms with Crippen molar-refractivity contribution in [2.45, 2.75) is 19.8 Å². The molecule has 0 unspecified atom stereocenters. The van der Waals surface area contributed by atoms with Crippen molar-refractivity contribution in [3.05, 3.63) is 53.1 Å². The lowest BCUT2D eigenvalue weighted by Gasteiger charge is -2.25. The molecule has 0 bridgehead atoms. The van der Waals surface area contributed by atoms with Crippen LogP contribution in [0.25, 0.3) is 16.8 Å². The van der Waals surface area contributed by atoms with Crippen molar-refractivity contribution in [2.24, 2.45) is 0 Å². The molecule has 1 aliphatic heterocycles. The largest absolute Gasteiger partial charge is 0.463 e. The summed E-state index contributed by atoms with van der Waals surface area (Å²) in [6.07, 6.45) is 5.15. The van der Waals surface area contributed by atoms with Crippen LogP contribution in [0.1, 0.15) is 46.0 Å². The number of nitrogens with zero attached hydrogens (tertiary/aromatic N) is 1. The van der Waals surface area contributed by atoms with Gasteiger partial charge in [0.2, 0.25) is 0 Å². The number of hydrogen-bond acceptors (Lipinski definition) is 7. The van der Waals surface area contributed by atoms with Gasteiger partial charge in [0.25, 0.3) is 21.9 Å². The Kier molecular flexibility index (Phi) is 5.81. The summed E-state index contributed by atoms with van der Waals surface area (Å²) in [5.74, 6) is -2.27. The first-order chi connectivity index (χ1) is 13.7. The number of carbonyl (C=O) groups is 3. The average molecular weight is 417 g/mol. The maximum Gasteiger partial charge on any atom is 0.330 e. The van der Waals surface area contributed by atoms with Crippen molar-refractivity contribution in [3.63, 3.8) is 0 Å². The van der Waals surface area contributed by atoms with E-state index >= 15 is 0 Å². The minimum absolute atomic E-state index is 0.0975. The van der Waals surface area contributed by atoms with E-state index < -0.39 is 27.9 Å². The molecule has 0 fully saturated rings.